The first-order chi connectivity index (χ1) is 7.77. The van der Waals surface area contributed by atoms with E-state index in [2.05, 4.69) is 48.5 Å². The van der Waals surface area contributed by atoms with Crippen LogP contribution in [0.2, 0.25) is 0 Å². The number of hydrogen-bond acceptors (Lipinski definition) is 2. The van der Waals surface area contributed by atoms with Crippen molar-refractivity contribution in [2.75, 3.05) is 26.7 Å². The summed E-state index contributed by atoms with van der Waals surface area (Å²) in [6, 6.07) is 9.43. The van der Waals surface area contributed by atoms with Crippen LogP contribution >= 0.6 is 0 Å². The van der Waals surface area contributed by atoms with Crippen LogP contribution in [0.5, 0.6) is 0 Å². The van der Waals surface area contributed by atoms with Crippen LogP contribution in [0.15, 0.2) is 24.3 Å². The summed E-state index contributed by atoms with van der Waals surface area (Å²) in [5.74, 6) is 0. The number of aryl methyl sites for hydroxylation is 2. The zero-order valence-electron chi connectivity index (χ0n) is 10.4. The van der Waals surface area contributed by atoms with Crippen molar-refractivity contribution in [2.45, 2.75) is 25.8 Å². The standard InChI is InChI=1S/C14H22N2/c1-12-5-3-4-6-13(12)7-8-14-11-15-9-10-16(14)2/h3-6,14-15H,7-11H2,1-2H3. The lowest BCUT2D eigenvalue weighted by Crippen LogP contribution is -2.49. The van der Waals surface area contributed by atoms with Crippen LogP contribution < -0.4 is 5.32 Å². The number of piperazine rings is 1. The molecule has 0 saturated carbocycles. The fourth-order valence-electron chi connectivity index (χ4n) is 2.40. The molecule has 88 valence electrons. The van der Waals surface area contributed by atoms with E-state index in [0.29, 0.717) is 6.04 Å². The summed E-state index contributed by atoms with van der Waals surface area (Å²) >= 11 is 0. The van der Waals surface area contributed by atoms with Crippen molar-refractivity contribution in [1.29, 1.82) is 0 Å². The normalized spacial score (nSPS) is 22.2. The number of rotatable bonds is 3. The molecule has 2 rings (SSSR count). The molecule has 2 nitrogen and oxygen atoms in total. The highest BCUT2D eigenvalue weighted by atomic mass is 15.2. The van der Waals surface area contributed by atoms with Gasteiger partial charge in [-0.15, -0.1) is 0 Å². The monoisotopic (exact) mass is 218 g/mol. The van der Waals surface area contributed by atoms with Crippen molar-refractivity contribution in [3.05, 3.63) is 35.4 Å². The second-order valence-electron chi connectivity index (χ2n) is 4.80. The largest absolute Gasteiger partial charge is 0.314 e. The van der Waals surface area contributed by atoms with Crippen molar-refractivity contribution in [2.24, 2.45) is 0 Å². The number of nitrogens with one attached hydrogen (secondary N) is 1. The summed E-state index contributed by atoms with van der Waals surface area (Å²) in [7, 11) is 2.24. The van der Waals surface area contributed by atoms with Gasteiger partial charge in [-0.1, -0.05) is 24.3 Å². The molecular weight excluding hydrogens is 196 g/mol. The fraction of sp³-hybridized carbons (Fsp3) is 0.571. The zero-order chi connectivity index (χ0) is 11.4. The van der Waals surface area contributed by atoms with Crippen molar-refractivity contribution in [3.63, 3.8) is 0 Å². The van der Waals surface area contributed by atoms with Crippen LogP contribution in [-0.2, 0) is 6.42 Å². The summed E-state index contributed by atoms with van der Waals surface area (Å²) in [5, 5.41) is 3.47. The highest BCUT2D eigenvalue weighted by Crippen LogP contribution is 2.13. The van der Waals surface area contributed by atoms with Gasteiger partial charge in [0.25, 0.3) is 0 Å². The van der Waals surface area contributed by atoms with Crippen molar-refractivity contribution >= 4 is 0 Å². The smallest absolute Gasteiger partial charge is 0.0221 e. The summed E-state index contributed by atoms with van der Waals surface area (Å²) in [6.07, 6.45) is 2.46. The van der Waals surface area contributed by atoms with Gasteiger partial charge in [-0.05, 0) is 37.9 Å². The van der Waals surface area contributed by atoms with Gasteiger partial charge >= 0.3 is 0 Å². The molecule has 2 heteroatoms. The van der Waals surface area contributed by atoms with Crippen LogP contribution in [0, 0.1) is 6.92 Å². The SMILES string of the molecule is Cc1ccccc1CCC1CNCCN1C. The molecule has 1 saturated heterocycles. The number of likely N-dealkylation sites (N-methyl/N-ethyl adjacent to an activating group) is 1. The lowest BCUT2D eigenvalue weighted by atomic mass is 10.00. The third-order valence-corrected chi connectivity index (χ3v) is 3.65. The first-order valence-electron chi connectivity index (χ1n) is 6.23. The van der Waals surface area contributed by atoms with Gasteiger partial charge in [0.05, 0.1) is 0 Å². The third kappa shape index (κ3) is 2.83. The van der Waals surface area contributed by atoms with Crippen molar-refractivity contribution < 1.29 is 0 Å². The third-order valence-electron chi connectivity index (χ3n) is 3.65. The first kappa shape index (κ1) is 11.6. The Morgan fingerprint density at radius 2 is 2.19 bits per heavy atom. The molecule has 1 atom stereocenters. The zero-order valence-corrected chi connectivity index (χ0v) is 10.4. The van der Waals surface area contributed by atoms with E-state index in [-0.39, 0.29) is 0 Å². The highest BCUT2D eigenvalue weighted by molar-refractivity contribution is 5.25. The fourth-order valence-corrected chi connectivity index (χ4v) is 2.40. The molecule has 1 N–H and O–H groups in total. The predicted octanol–water partition coefficient (Wildman–Crippen LogP) is 1.83. The molecule has 1 aromatic carbocycles. The van der Waals surface area contributed by atoms with E-state index in [9.17, 15) is 0 Å². The van der Waals surface area contributed by atoms with E-state index in [0.717, 1.165) is 13.1 Å². The van der Waals surface area contributed by atoms with Gasteiger partial charge in [-0.2, -0.15) is 0 Å². The van der Waals surface area contributed by atoms with E-state index < -0.39 is 0 Å². The van der Waals surface area contributed by atoms with Gasteiger partial charge in [0.2, 0.25) is 0 Å². The van der Waals surface area contributed by atoms with Crippen LogP contribution in [-0.4, -0.2) is 37.6 Å². The minimum Gasteiger partial charge on any atom is -0.314 e. The lowest BCUT2D eigenvalue weighted by Gasteiger charge is -2.33. The minimum atomic E-state index is 0.702. The highest BCUT2D eigenvalue weighted by Gasteiger charge is 2.17. The van der Waals surface area contributed by atoms with Crippen LogP contribution in [0.1, 0.15) is 17.5 Å². The molecule has 1 aliphatic rings. The topological polar surface area (TPSA) is 15.3 Å². The Bertz CT molecular complexity index is 335. The van der Waals surface area contributed by atoms with E-state index >= 15 is 0 Å². The Morgan fingerprint density at radius 3 is 2.94 bits per heavy atom. The summed E-state index contributed by atoms with van der Waals surface area (Å²) in [4.78, 5) is 2.48. The van der Waals surface area contributed by atoms with Gasteiger partial charge in [0.15, 0.2) is 0 Å². The number of benzene rings is 1. The average Bonchev–Trinajstić information content (AvgIpc) is 2.30. The molecule has 0 aromatic heterocycles. The van der Waals surface area contributed by atoms with Gasteiger partial charge in [0.1, 0.15) is 0 Å². The van der Waals surface area contributed by atoms with E-state index in [1.54, 1.807) is 0 Å². The van der Waals surface area contributed by atoms with Crippen molar-refractivity contribution in [1.82, 2.24) is 10.2 Å². The van der Waals surface area contributed by atoms with E-state index in [1.807, 2.05) is 0 Å². The maximum Gasteiger partial charge on any atom is 0.0221 e. The second-order valence-corrected chi connectivity index (χ2v) is 4.80. The predicted molar refractivity (Wildman–Crippen MR) is 68.8 cm³/mol. The van der Waals surface area contributed by atoms with Crippen LogP contribution in [0.3, 0.4) is 0 Å². The van der Waals surface area contributed by atoms with Crippen LogP contribution in [0.4, 0.5) is 0 Å². The van der Waals surface area contributed by atoms with Gasteiger partial charge in [-0.3, -0.25) is 0 Å². The molecule has 0 spiro atoms. The Hall–Kier alpha value is -0.860. The van der Waals surface area contributed by atoms with Gasteiger partial charge in [0, 0.05) is 25.7 Å². The second kappa shape index (κ2) is 5.46. The lowest BCUT2D eigenvalue weighted by molar-refractivity contribution is 0.190. The molecule has 0 aliphatic carbocycles. The van der Waals surface area contributed by atoms with Gasteiger partial charge < -0.3 is 10.2 Å². The Balaban J connectivity index is 1.89. The molecule has 0 bridgehead atoms. The minimum absolute atomic E-state index is 0.702. The molecule has 1 heterocycles. The van der Waals surface area contributed by atoms with E-state index in [4.69, 9.17) is 0 Å². The quantitative estimate of drug-likeness (QED) is 0.832. The maximum atomic E-state index is 3.47. The van der Waals surface area contributed by atoms with E-state index in [1.165, 1.54) is 30.5 Å². The summed E-state index contributed by atoms with van der Waals surface area (Å²) < 4.78 is 0. The molecule has 16 heavy (non-hydrogen) atoms. The summed E-state index contributed by atoms with van der Waals surface area (Å²) in [6.45, 7) is 5.66. The Labute approximate surface area is 98.7 Å². The van der Waals surface area contributed by atoms with Gasteiger partial charge in [-0.25, -0.2) is 0 Å². The molecule has 1 aromatic rings. The molecule has 0 amide bonds. The molecule has 1 aliphatic heterocycles. The first-order valence-corrected chi connectivity index (χ1v) is 6.23. The summed E-state index contributed by atoms with van der Waals surface area (Å²) in [5.41, 5.74) is 2.93. The maximum absolute atomic E-state index is 3.47. The number of hydrogen-bond donors (Lipinski definition) is 1. The van der Waals surface area contributed by atoms with Crippen molar-refractivity contribution in [3.8, 4) is 0 Å². The average molecular weight is 218 g/mol. The Kier molecular flexibility index (Phi) is 3.97. The molecule has 0 radical (unpaired) electrons. The Morgan fingerprint density at radius 1 is 1.38 bits per heavy atom. The number of nitrogens with zero attached hydrogens (tertiary/aromatic N) is 1. The molecule has 1 fully saturated rings. The molecule has 1 unspecified atom stereocenters. The van der Waals surface area contributed by atoms with Crippen LogP contribution in [0.25, 0.3) is 0 Å². The molecular formula is C14H22N2.